The van der Waals surface area contributed by atoms with Crippen molar-refractivity contribution in [3.05, 3.63) is 30.1 Å². The van der Waals surface area contributed by atoms with Gasteiger partial charge in [-0.25, -0.2) is 4.79 Å². The fraction of sp³-hybridized carbons (Fsp3) is 0.667. The van der Waals surface area contributed by atoms with Gasteiger partial charge in [-0.1, -0.05) is 64.4 Å². The normalized spacial score (nSPS) is 10.4. The first kappa shape index (κ1) is 18.5. The number of carbonyl (C=O) groups is 1. The number of urea groups is 1. The highest BCUT2D eigenvalue weighted by Crippen LogP contribution is 2.09. The van der Waals surface area contributed by atoms with Crippen LogP contribution in [0.3, 0.4) is 0 Å². The molecule has 0 radical (unpaired) electrons. The highest BCUT2D eigenvalue weighted by atomic mass is 16.2. The summed E-state index contributed by atoms with van der Waals surface area (Å²) in [5, 5.41) is 5.71. The minimum atomic E-state index is -0.106. The van der Waals surface area contributed by atoms with E-state index in [2.05, 4.69) is 22.5 Å². The van der Waals surface area contributed by atoms with Crippen LogP contribution in [-0.2, 0) is 6.54 Å². The van der Waals surface area contributed by atoms with Crippen LogP contribution in [-0.4, -0.2) is 17.6 Å². The number of hydrogen-bond acceptors (Lipinski definition) is 2. The second kappa shape index (κ2) is 13.1. The standard InChI is InChI=1S/C18H31N3O/c1-2-3-4-5-6-7-8-9-11-15-20-18(22)21-16-17-13-10-12-14-19-17/h10,12-14H,2-9,11,15-16H2,1H3,(H2,20,21,22). The molecule has 0 aliphatic carbocycles. The number of carbonyl (C=O) groups excluding carboxylic acids is 1. The third kappa shape index (κ3) is 10.2. The molecule has 0 unspecified atom stereocenters. The summed E-state index contributed by atoms with van der Waals surface area (Å²) in [7, 11) is 0. The Labute approximate surface area is 135 Å². The van der Waals surface area contributed by atoms with E-state index in [4.69, 9.17) is 0 Å². The number of unbranched alkanes of at least 4 members (excludes halogenated alkanes) is 8. The molecule has 124 valence electrons. The van der Waals surface area contributed by atoms with Crippen LogP contribution in [0.25, 0.3) is 0 Å². The van der Waals surface area contributed by atoms with Crippen molar-refractivity contribution in [2.75, 3.05) is 6.54 Å². The van der Waals surface area contributed by atoms with Crippen molar-refractivity contribution in [3.8, 4) is 0 Å². The lowest BCUT2D eigenvalue weighted by Gasteiger charge is -2.07. The number of aromatic nitrogens is 1. The first-order valence-electron chi connectivity index (χ1n) is 8.74. The molecule has 2 N–H and O–H groups in total. The van der Waals surface area contributed by atoms with Crippen LogP contribution in [0.15, 0.2) is 24.4 Å². The Bertz CT molecular complexity index is 381. The van der Waals surface area contributed by atoms with E-state index in [1.807, 2.05) is 18.2 Å². The number of amides is 2. The molecular formula is C18H31N3O. The highest BCUT2D eigenvalue weighted by molar-refractivity contribution is 5.73. The van der Waals surface area contributed by atoms with Crippen LogP contribution < -0.4 is 10.6 Å². The van der Waals surface area contributed by atoms with Gasteiger partial charge in [-0.15, -0.1) is 0 Å². The molecular weight excluding hydrogens is 274 g/mol. The van der Waals surface area contributed by atoms with E-state index in [9.17, 15) is 4.79 Å². The third-order valence-electron chi connectivity index (χ3n) is 3.72. The monoisotopic (exact) mass is 305 g/mol. The average Bonchev–Trinajstić information content (AvgIpc) is 2.55. The molecule has 1 heterocycles. The van der Waals surface area contributed by atoms with Crippen LogP contribution >= 0.6 is 0 Å². The van der Waals surface area contributed by atoms with Gasteiger partial charge >= 0.3 is 6.03 Å². The van der Waals surface area contributed by atoms with Crippen molar-refractivity contribution >= 4 is 6.03 Å². The molecule has 0 saturated carbocycles. The number of pyridine rings is 1. The summed E-state index contributed by atoms with van der Waals surface area (Å²) in [5.74, 6) is 0. The molecule has 0 aliphatic heterocycles. The van der Waals surface area contributed by atoms with Crippen molar-refractivity contribution in [3.63, 3.8) is 0 Å². The molecule has 4 nitrogen and oxygen atoms in total. The zero-order valence-corrected chi connectivity index (χ0v) is 13.9. The maximum absolute atomic E-state index is 11.6. The van der Waals surface area contributed by atoms with Gasteiger partial charge in [-0.05, 0) is 18.6 Å². The zero-order valence-electron chi connectivity index (χ0n) is 13.9. The summed E-state index contributed by atoms with van der Waals surface area (Å²) in [6.07, 6.45) is 13.4. The van der Waals surface area contributed by atoms with Gasteiger partial charge in [0, 0.05) is 12.7 Å². The van der Waals surface area contributed by atoms with Gasteiger partial charge in [0.1, 0.15) is 0 Å². The Morgan fingerprint density at radius 1 is 0.955 bits per heavy atom. The predicted molar refractivity (Wildman–Crippen MR) is 91.7 cm³/mol. The van der Waals surface area contributed by atoms with Crippen LogP contribution in [0, 0.1) is 0 Å². The van der Waals surface area contributed by atoms with Crippen molar-refractivity contribution in [2.24, 2.45) is 0 Å². The van der Waals surface area contributed by atoms with E-state index in [1.165, 1.54) is 51.4 Å². The molecule has 0 aromatic carbocycles. The second-order valence-electron chi connectivity index (χ2n) is 5.76. The summed E-state index contributed by atoms with van der Waals surface area (Å²) < 4.78 is 0. The molecule has 0 spiro atoms. The van der Waals surface area contributed by atoms with Gasteiger partial charge in [0.05, 0.1) is 12.2 Å². The quantitative estimate of drug-likeness (QED) is 0.562. The number of hydrogen-bond donors (Lipinski definition) is 2. The average molecular weight is 305 g/mol. The Balaban J connectivity index is 1.87. The Hall–Kier alpha value is -1.58. The Kier molecular flexibility index (Phi) is 11.0. The summed E-state index contributed by atoms with van der Waals surface area (Å²) in [4.78, 5) is 15.8. The minimum absolute atomic E-state index is 0.106. The van der Waals surface area contributed by atoms with Crippen molar-refractivity contribution in [2.45, 2.75) is 71.3 Å². The first-order valence-corrected chi connectivity index (χ1v) is 8.74. The lowest BCUT2D eigenvalue weighted by molar-refractivity contribution is 0.240. The van der Waals surface area contributed by atoms with Crippen molar-refractivity contribution in [1.82, 2.24) is 15.6 Å². The summed E-state index contributed by atoms with van der Waals surface area (Å²) in [5.41, 5.74) is 0.876. The van der Waals surface area contributed by atoms with E-state index in [0.29, 0.717) is 6.54 Å². The van der Waals surface area contributed by atoms with Crippen LogP contribution in [0.4, 0.5) is 4.79 Å². The van der Waals surface area contributed by atoms with Gasteiger partial charge in [-0.3, -0.25) is 4.98 Å². The number of nitrogens with one attached hydrogen (secondary N) is 2. The zero-order chi connectivity index (χ0) is 15.9. The molecule has 0 bridgehead atoms. The van der Waals surface area contributed by atoms with E-state index < -0.39 is 0 Å². The molecule has 0 atom stereocenters. The SMILES string of the molecule is CCCCCCCCCCCNC(=O)NCc1ccccn1. The van der Waals surface area contributed by atoms with E-state index in [1.54, 1.807) is 6.20 Å². The number of rotatable bonds is 12. The van der Waals surface area contributed by atoms with E-state index in [-0.39, 0.29) is 6.03 Å². The van der Waals surface area contributed by atoms with Gasteiger partial charge in [0.2, 0.25) is 0 Å². The first-order chi connectivity index (χ1) is 10.8. The summed E-state index contributed by atoms with van der Waals surface area (Å²) >= 11 is 0. The van der Waals surface area contributed by atoms with Gasteiger partial charge in [-0.2, -0.15) is 0 Å². The van der Waals surface area contributed by atoms with Gasteiger partial charge in [0.15, 0.2) is 0 Å². The lowest BCUT2D eigenvalue weighted by atomic mass is 10.1. The molecule has 22 heavy (non-hydrogen) atoms. The van der Waals surface area contributed by atoms with Crippen LogP contribution in [0.1, 0.15) is 70.4 Å². The number of nitrogens with zero attached hydrogens (tertiary/aromatic N) is 1. The van der Waals surface area contributed by atoms with E-state index >= 15 is 0 Å². The topological polar surface area (TPSA) is 54.0 Å². The molecule has 0 aliphatic rings. The maximum Gasteiger partial charge on any atom is 0.315 e. The molecule has 2 amide bonds. The van der Waals surface area contributed by atoms with Gasteiger partial charge < -0.3 is 10.6 Å². The fourth-order valence-electron chi connectivity index (χ4n) is 2.37. The summed E-state index contributed by atoms with van der Waals surface area (Å²) in [6, 6.07) is 5.59. The summed E-state index contributed by atoms with van der Waals surface area (Å²) in [6.45, 7) is 3.48. The van der Waals surface area contributed by atoms with Crippen LogP contribution in [0.2, 0.25) is 0 Å². The molecule has 4 heteroatoms. The fourth-order valence-corrected chi connectivity index (χ4v) is 2.37. The predicted octanol–water partition coefficient (Wildman–Crippen LogP) is 4.41. The molecule has 1 rings (SSSR count). The highest BCUT2D eigenvalue weighted by Gasteiger charge is 2.00. The van der Waals surface area contributed by atoms with Crippen LogP contribution in [0.5, 0.6) is 0 Å². The third-order valence-corrected chi connectivity index (χ3v) is 3.72. The Morgan fingerprint density at radius 3 is 2.27 bits per heavy atom. The van der Waals surface area contributed by atoms with Gasteiger partial charge in [0.25, 0.3) is 0 Å². The minimum Gasteiger partial charge on any atom is -0.338 e. The Morgan fingerprint density at radius 2 is 1.64 bits per heavy atom. The molecule has 0 fully saturated rings. The molecule has 1 aromatic heterocycles. The molecule has 0 saturated heterocycles. The molecule has 1 aromatic rings. The van der Waals surface area contributed by atoms with E-state index in [0.717, 1.165) is 18.7 Å². The van der Waals surface area contributed by atoms with Crippen molar-refractivity contribution < 1.29 is 4.79 Å². The maximum atomic E-state index is 11.6. The second-order valence-corrected chi connectivity index (χ2v) is 5.76. The largest absolute Gasteiger partial charge is 0.338 e. The van der Waals surface area contributed by atoms with Crippen molar-refractivity contribution in [1.29, 1.82) is 0 Å². The smallest absolute Gasteiger partial charge is 0.315 e. The lowest BCUT2D eigenvalue weighted by Crippen LogP contribution is -2.35.